The molecule has 0 bridgehead atoms. The van der Waals surface area contributed by atoms with E-state index in [0.717, 1.165) is 12.8 Å². The summed E-state index contributed by atoms with van der Waals surface area (Å²) in [7, 11) is 0. The van der Waals surface area contributed by atoms with E-state index >= 15 is 0 Å². The molecule has 120 valence electrons. The molecular weight excluding hydrogens is 266 g/mol. The summed E-state index contributed by atoms with van der Waals surface area (Å²) in [5.74, 6) is 0. The van der Waals surface area contributed by atoms with Crippen molar-refractivity contribution in [1.82, 2.24) is 10.6 Å². The summed E-state index contributed by atoms with van der Waals surface area (Å²) in [5, 5.41) is 15.5. The molecule has 0 aliphatic heterocycles. The molecule has 0 aromatic carbocycles. The lowest BCUT2D eigenvalue weighted by molar-refractivity contribution is 0.0501. The summed E-state index contributed by atoms with van der Waals surface area (Å²) in [5.41, 5.74) is -0.527. The molecule has 21 heavy (non-hydrogen) atoms. The van der Waals surface area contributed by atoms with Crippen molar-refractivity contribution in [2.75, 3.05) is 0 Å². The summed E-state index contributed by atoms with van der Waals surface area (Å²) >= 11 is 0. The molecule has 0 aromatic heterocycles. The molecule has 0 saturated heterocycles. The molecule has 0 heterocycles. The Balaban J connectivity index is 2.47. The number of nitriles is 1. The van der Waals surface area contributed by atoms with Gasteiger partial charge in [-0.05, 0) is 40.5 Å². The van der Waals surface area contributed by atoms with Crippen LogP contribution in [-0.4, -0.2) is 29.8 Å². The van der Waals surface area contributed by atoms with Crippen molar-refractivity contribution in [2.45, 2.75) is 89.9 Å². The number of hydrogen-bond acceptors (Lipinski definition) is 4. The zero-order valence-corrected chi connectivity index (χ0v) is 13.7. The van der Waals surface area contributed by atoms with Gasteiger partial charge in [-0.1, -0.05) is 25.7 Å². The minimum Gasteiger partial charge on any atom is -0.444 e. The molecular formula is C16H29N3O2. The smallest absolute Gasteiger partial charge is 0.407 e. The van der Waals surface area contributed by atoms with Crippen molar-refractivity contribution in [3.8, 4) is 6.07 Å². The predicted octanol–water partition coefficient (Wildman–Crippen LogP) is 3.10. The number of carbonyl (C=O) groups is 1. The fraction of sp³-hybridized carbons (Fsp3) is 0.875. The predicted molar refractivity (Wildman–Crippen MR) is 82.9 cm³/mol. The van der Waals surface area contributed by atoms with Crippen LogP contribution in [-0.2, 0) is 4.74 Å². The number of nitrogens with one attached hydrogen (secondary N) is 2. The van der Waals surface area contributed by atoms with E-state index in [4.69, 9.17) is 4.74 Å². The molecule has 1 aliphatic carbocycles. The zero-order chi connectivity index (χ0) is 15.9. The van der Waals surface area contributed by atoms with Crippen LogP contribution in [0.25, 0.3) is 0 Å². The molecule has 2 atom stereocenters. The number of rotatable bonds is 4. The van der Waals surface area contributed by atoms with Crippen molar-refractivity contribution in [3.63, 3.8) is 0 Å². The topological polar surface area (TPSA) is 74.1 Å². The Morgan fingerprint density at radius 1 is 1.24 bits per heavy atom. The molecule has 1 rings (SSSR count). The largest absolute Gasteiger partial charge is 0.444 e. The van der Waals surface area contributed by atoms with E-state index in [1.807, 2.05) is 27.7 Å². The van der Waals surface area contributed by atoms with Gasteiger partial charge < -0.3 is 10.1 Å². The molecule has 0 radical (unpaired) electrons. The molecule has 1 aliphatic rings. The van der Waals surface area contributed by atoms with Gasteiger partial charge in [-0.2, -0.15) is 5.26 Å². The minimum atomic E-state index is -0.527. The molecule has 0 aromatic rings. The monoisotopic (exact) mass is 295 g/mol. The van der Waals surface area contributed by atoms with Crippen LogP contribution in [0.3, 0.4) is 0 Å². The van der Waals surface area contributed by atoms with Gasteiger partial charge in [0.2, 0.25) is 0 Å². The maximum atomic E-state index is 11.8. The number of amides is 1. The summed E-state index contributed by atoms with van der Waals surface area (Å²) < 4.78 is 5.23. The lowest BCUT2D eigenvalue weighted by atomic mass is 10.1. The van der Waals surface area contributed by atoms with E-state index < -0.39 is 11.7 Å². The average molecular weight is 295 g/mol. The summed E-state index contributed by atoms with van der Waals surface area (Å²) in [4.78, 5) is 11.8. The number of alkyl carbamates (subject to hydrolysis) is 1. The van der Waals surface area contributed by atoms with Crippen LogP contribution in [0.5, 0.6) is 0 Å². The molecule has 2 unspecified atom stereocenters. The van der Waals surface area contributed by atoms with Gasteiger partial charge >= 0.3 is 6.09 Å². The summed E-state index contributed by atoms with van der Waals surface area (Å²) in [6, 6.07) is 1.96. The van der Waals surface area contributed by atoms with Crippen LogP contribution >= 0.6 is 0 Å². The number of nitrogens with zero attached hydrogens (tertiary/aromatic N) is 1. The van der Waals surface area contributed by atoms with Crippen LogP contribution in [0, 0.1) is 11.3 Å². The number of carbonyl (C=O) groups excluding carboxylic acids is 1. The fourth-order valence-electron chi connectivity index (χ4n) is 2.57. The van der Waals surface area contributed by atoms with E-state index in [2.05, 4.69) is 16.7 Å². The second-order valence-corrected chi connectivity index (χ2v) is 6.90. The van der Waals surface area contributed by atoms with Crippen molar-refractivity contribution in [1.29, 1.82) is 5.26 Å². The highest BCUT2D eigenvalue weighted by Gasteiger charge is 2.25. The SMILES string of the molecule is CC(NC(=O)OC(C)(C)C)C(C#N)NC1CCCCCC1. The lowest BCUT2D eigenvalue weighted by Crippen LogP contribution is -2.51. The van der Waals surface area contributed by atoms with E-state index in [-0.39, 0.29) is 12.1 Å². The van der Waals surface area contributed by atoms with Gasteiger partial charge in [0.15, 0.2) is 0 Å². The molecule has 2 N–H and O–H groups in total. The van der Waals surface area contributed by atoms with Gasteiger partial charge in [-0.3, -0.25) is 5.32 Å². The van der Waals surface area contributed by atoms with Crippen LogP contribution in [0.2, 0.25) is 0 Å². The van der Waals surface area contributed by atoms with Crippen LogP contribution in [0.1, 0.15) is 66.2 Å². The Morgan fingerprint density at radius 2 is 1.81 bits per heavy atom. The van der Waals surface area contributed by atoms with Gasteiger partial charge in [0.1, 0.15) is 11.6 Å². The first kappa shape index (κ1) is 17.8. The molecule has 5 nitrogen and oxygen atoms in total. The summed E-state index contributed by atoms with van der Waals surface area (Å²) in [6.45, 7) is 7.30. The van der Waals surface area contributed by atoms with E-state index in [1.165, 1.54) is 25.7 Å². The molecule has 0 spiro atoms. The quantitative estimate of drug-likeness (QED) is 0.782. The van der Waals surface area contributed by atoms with Crippen molar-refractivity contribution < 1.29 is 9.53 Å². The Hall–Kier alpha value is -1.28. The first-order valence-electron chi connectivity index (χ1n) is 7.97. The number of hydrogen-bond donors (Lipinski definition) is 2. The normalized spacial score (nSPS) is 20.0. The highest BCUT2D eigenvalue weighted by molar-refractivity contribution is 5.68. The van der Waals surface area contributed by atoms with Gasteiger partial charge in [0.25, 0.3) is 0 Å². The first-order chi connectivity index (χ1) is 9.81. The summed E-state index contributed by atoms with van der Waals surface area (Å²) in [6.07, 6.45) is 6.72. The average Bonchev–Trinajstić information content (AvgIpc) is 2.61. The van der Waals surface area contributed by atoms with Gasteiger partial charge in [0, 0.05) is 6.04 Å². The van der Waals surface area contributed by atoms with Gasteiger partial charge in [-0.25, -0.2) is 4.79 Å². The third-order valence-corrected chi connectivity index (χ3v) is 3.65. The lowest BCUT2D eigenvalue weighted by Gasteiger charge is -2.27. The first-order valence-corrected chi connectivity index (χ1v) is 7.97. The third-order valence-electron chi connectivity index (χ3n) is 3.65. The number of ether oxygens (including phenoxy) is 1. The highest BCUT2D eigenvalue weighted by Crippen LogP contribution is 2.18. The molecule has 1 amide bonds. The standard InChI is InChI=1S/C16H29N3O2/c1-12(18-15(20)21-16(2,3)4)14(11-17)19-13-9-7-5-6-8-10-13/h12-14,19H,5-10H2,1-4H3,(H,18,20). The van der Waals surface area contributed by atoms with Crippen LogP contribution in [0.15, 0.2) is 0 Å². The van der Waals surface area contributed by atoms with Crippen molar-refractivity contribution >= 4 is 6.09 Å². The van der Waals surface area contributed by atoms with Gasteiger partial charge in [-0.15, -0.1) is 0 Å². The molecule has 1 saturated carbocycles. The Bertz CT molecular complexity index is 363. The van der Waals surface area contributed by atoms with E-state index in [1.54, 1.807) is 0 Å². The zero-order valence-electron chi connectivity index (χ0n) is 13.7. The van der Waals surface area contributed by atoms with E-state index in [0.29, 0.717) is 6.04 Å². The molecule has 1 fully saturated rings. The van der Waals surface area contributed by atoms with Crippen molar-refractivity contribution in [2.24, 2.45) is 0 Å². The highest BCUT2D eigenvalue weighted by atomic mass is 16.6. The second kappa shape index (κ2) is 8.23. The minimum absolute atomic E-state index is 0.284. The Kier molecular flexibility index (Phi) is 6.97. The van der Waals surface area contributed by atoms with Crippen LogP contribution in [0.4, 0.5) is 4.79 Å². The maximum absolute atomic E-state index is 11.8. The van der Waals surface area contributed by atoms with E-state index in [9.17, 15) is 10.1 Å². The third kappa shape index (κ3) is 7.33. The maximum Gasteiger partial charge on any atom is 0.407 e. The second-order valence-electron chi connectivity index (χ2n) is 6.90. The van der Waals surface area contributed by atoms with Crippen LogP contribution < -0.4 is 10.6 Å². The van der Waals surface area contributed by atoms with Crippen molar-refractivity contribution in [3.05, 3.63) is 0 Å². The van der Waals surface area contributed by atoms with Gasteiger partial charge in [0.05, 0.1) is 12.1 Å². The Labute approximate surface area is 128 Å². The fourth-order valence-corrected chi connectivity index (χ4v) is 2.57. The Morgan fingerprint density at radius 3 is 2.29 bits per heavy atom. The molecule has 5 heteroatoms.